The number of β-amino-alcohol motifs (C(OH)–C–C–N with tert-alkyl or cyclic N) is 1. The maximum Gasteiger partial charge on any atom is 0.305 e. The number of aliphatic hydroxyl groups excluding tert-OH is 1. The first-order chi connectivity index (χ1) is 17.8. The Morgan fingerprint density at radius 1 is 1.08 bits per heavy atom. The van der Waals surface area contributed by atoms with Crippen LogP contribution in [0.1, 0.15) is 39.2 Å². The summed E-state index contributed by atoms with van der Waals surface area (Å²) in [7, 11) is 0. The van der Waals surface area contributed by atoms with Crippen LogP contribution in [0.5, 0.6) is 5.75 Å². The van der Waals surface area contributed by atoms with Gasteiger partial charge in [-0.2, -0.15) is 0 Å². The number of carbonyl (C=O) groups excluding carboxylic acids is 5. The van der Waals surface area contributed by atoms with E-state index in [1.807, 2.05) is 0 Å². The van der Waals surface area contributed by atoms with E-state index in [1.165, 1.54) is 19.1 Å². The number of nitrogens with one attached hydrogen (secondary N) is 3. The largest absolute Gasteiger partial charge is 0.508 e. The van der Waals surface area contributed by atoms with Crippen LogP contribution in [0.25, 0.3) is 0 Å². The minimum absolute atomic E-state index is 0.0357. The van der Waals surface area contributed by atoms with Crippen LogP contribution in [0.15, 0.2) is 24.3 Å². The Kier molecular flexibility index (Phi) is 10.8. The Bertz CT molecular complexity index is 1040. The van der Waals surface area contributed by atoms with Crippen molar-refractivity contribution in [1.29, 1.82) is 0 Å². The van der Waals surface area contributed by atoms with Crippen LogP contribution in [-0.2, 0) is 35.2 Å². The van der Waals surface area contributed by atoms with E-state index in [-0.39, 0.29) is 31.4 Å². The fourth-order valence-corrected chi connectivity index (χ4v) is 4.17. The Morgan fingerprint density at radius 2 is 1.71 bits per heavy atom. The molecular weight excluding hydrogens is 500 g/mol. The lowest BCUT2D eigenvalue weighted by Gasteiger charge is -2.31. The van der Waals surface area contributed by atoms with Gasteiger partial charge in [-0.25, -0.2) is 0 Å². The van der Waals surface area contributed by atoms with Gasteiger partial charge in [0.1, 0.15) is 30.2 Å². The smallest absolute Gasteiger partial charge is 0.305 e. The third kappa shape index (κ3) is 8.54. The molecule has 2 rings (SSSR count). The van der Waals surface area contributed by atoms with Gasteiger partial charge >= 0.3 is 5.97 Å². The van der Waals surface area contributed by atoms with Gasteiger partial charge in [0.05, 0.1) is 18.6 Å². The van der Waals surface area contributed by atoms with E-state index in [1.54, 1.807) is 26.0 Å². The van der Waals surface area contributed by atoms with Gasteiger partial charge in [-0.15, -0.1) is 0 Å². The van der Waals surface area contributed by atoms with E-state index >= 15 is 0 Å². The van der Waals surface area contributed by atoms with E-state index < -0.39 is 72.2 Å². The zero-order valence-electron chi connectivity index (χ0n) is 21.4. The number of rotatable bonds is 12. The highest BCUT2D eigenvalue weighted by Gasteiger charge is 2.43. The molecule has 0 spiro atoms. The molecule has 0 aliphatic carbocycles. The number of nitrogens with zero attached hydrogens (tertiary/aromatic N) is 1. The van der Waals surface area contributed by atoms with Crippen LogP contribution < -0.4 is 16.0 Å². The fourth-order valence-electron chi connectivity index (χ4n) is 4.17. The number of amides is 4. The van der Waals surface area contributed by atoms with Gasteiger partial charge in [-0.1, -0.05) is 26.0 Å². The summed E-state index contributed by atoms with van der Waals surface area (Å²) in [5, 5.41) is 36.1. The van der Waals surface area contributed by atoms with Crippen molar-refractivity contribution in [3.05, 3.63) is 29.8 Å². The second-order valence-electron chi connectivity index (χ2n) is 9.60. The number of carbonyl (C=O) groups is 6. The summed E-state index contributed by atoms with van der Waals surface area (Å²) in [6.07, 6.45) is -1.47. The standard InChI is InChI=1S/C25H34N4O9/c1-13(2)22(28-23(36)19(26-14(3)31)8-15-4-6-17(32)7-5-15)25(38)29-11-18(33)10-20(29)24(37)27-16(12-30)9-21(34)35/h4-7,12-13,16,18-20,22,32-33H,8-11H2,1-3H3,(H,26,31)(H,27,37)(H,28,36)(H,34,35). The maximum absolute atomic E-state index is 13.5. The second-order valence-corrected chi connectivity index (χ2v) is 9.60. The van der Waals surface area contributed by atoms with Gasteiger partial charge < -0.3 is 41.0 Å². The SMILES string of the molecule is CC(=O)NC(Cc1ccc(O)cc1)C(=O)NC(C(=O)N1CC(O)CC1C(=O)NC(C=O)CC(=O)O)C(C)C. The molecule has 13 nitrogen and oxygen atoms in total. The zero-order valence-corrected chi connectivity index (χ0v) is 21.4. The van der Waals surface area contributed by atoms with Crippen molar-refractivity contribution in [2.24, 2.45) is 5.92 Å². The number of aldehydes is 1. The summed E-state index contributed by atoms with van der Waals surface area (Å²) < 4.78 is 0. The molecule has 5 unspecified atom stereocenters. The number of carboxylic acids is 1. The first-order valence-electron chi connectivity index (χ1n) is 12.1. The quantitative estimate of drug-likeness (QED) is 0.176. The minimum atomic E-state index is -1.31. The van der Waals surface area contributed by atoms with E-state index in [9.17, 15) is 39.0 Å². The number of phenolic OH excluding ortho intramolecular Hbond substituents is 1. The van der Waals surface area contributed by atoms with Crippen LogP contribution >= 0.6 is 0 Å². The molecule has 0 radical (unpaired) electrons. The van der Waals surface area contributed by atoms with Crippen LogP contribution in [0.4, 0.5) is 0 Å². The molecule has 1 saturated heterocycles. The third-order valence-corrected chi connectivity index (χ3v) is 6.05. The topological polar surface area (TPSA) is 202 Å². The predicted octanol–water partition coefficient (Wildman–Crippen LogP) is -1.30. The lowest BCUT2D eigenvalue weighted by molar-refractivity contribution is -0.144. The number of likely N-dealkylation sites (tertiary alicyclic amines) is 1. The number of aromatic hydroxyl groups is 1. The van der Waals surface area contributed by atoms with Crippen molar-refractivity contribution in [3.63, 3.8) is 0 Å². The van der Waals surface area contributed by atoms with E-state index in [4.69, 9.17) is 5.11 Å². The van der Waals surface area contributed by atoms with Crippen molar-refractivity contribution < 1.29 is 44.1 Å². The summed E-state index contributed by atoms with van der Waals surface area (Å²) in [6, 6.07) is 1.40. The van der Waals surface area contributed by atoms with Crippen molar-refractivity contribution in [2.45, 2.75) is 70.3 Å². The van der Waals surface area contributed by atoms with Crippen LogP contribution in [0, 0.1) is 5.92 Å². The zero-order chi connectivity index (χ0) is 28.6. The summed E-state index contributed by atoms with van der Waals surface area (Å²) in [5.74, 6) is -4.29. The average Bonchev–Trinajstić information content (AvgIpc) is 3.23. The highest BCUT2D eigenvalue weighted by Crippen LogP contribution is 2.21. The molecular formula is C25H34N4O9. The molecule has 1 heterocycles. The van der Waals surface area contributed by atoms with Crippen LogP contribution in [0.2, 0.25) is 0 Å². The molecule has 38 heavy (non-hydrogen) atoms. The number of benzene rings is 1. The molecule has 0 bridgehead atoms. The van der Waals surface area contributed by atoms with E-state index in [0.717, 1.165) is 4.90 Å². The number of phenols is 1. The highest BCUT2D eigenvalue weighted by molar-refractivity contribution is 5.95. The molecule has 4 amide bonds. The van der Waals surface area contributed by atoms with Gasteiger partial charge in [-0.05, 0) is 23.6 Å². The second kappa shape index (κ2) is 13.5. The monoisotopic (exact) mass is 534 g/mol. The van der Waals surface area contributed by atoms with Crippen molar-refractivity contribution in [2.75, 3.05) is 6.54 Å². The summed E-state index contributed by atoms with van der Waals surface area (Å²) in [6.45, 7) is 4.39. The van der Waals surface area contributed by atoms with Crippen LogP contribution in [0.3, 0.4) is 0 Å². The van der Waals surface area contributed by atoms with Gasteiger partial charge in [0.15, 0.2) is 0 Å². The number of carboxylic acid groups (broad SMARTS) is 1. The molecule has 5 atom stereocenters. The number of aliphatic hydroxyl groups is 1. The number of hydrogen-bond acceptors (Lipinski definition) is 8. The lowest BCUT2D eigenvalue weighted by atomic mass is 10.00. The Morgan fingerprint density at radius 3 is 2.24 bits per heavy atom. The van der Waals surface area contributed by atoms with E-state index in [2.05, 4.69) is 16.0 Å². The first kappa shape index (κ1) is 30.2. The number of hydrogen-bond donors (Lipinski definition) is 6. The Hall–Kier alpha value is -4.00. The van der Waals surface area contributed by atoms with E-state index in [0.29, 0.717) is 5.56 Å². The normalized spacial score (nSPS) is 19.2. The van der Waals surface area contributed by atoms with Gasteiger partial charge in [0.25, 0.3) is 0 Å². The maximum atomic E-state index is 13.5. The highest BCUT2D eigenvalue weighted by atomic mass is 16.4. The molecule has 1 aromatic rings. The number of aliphatic carboxylic acids is 1. The minimum Gasteiger partial charge on any atom is -0.508 e. The molecule has 208 valence electrons. The fraction of sp³-hybridized carbons (Fsp3) is 0.520. The summed E-state index contributed by atoms with van der Waals surface area (Å²) >= 11 is 0. The molecule has 0 aromatic heterocycles. The molecule has 1 fully saturated rings. The van der Waals surface area contributed by atoms with Gasteiger partial charge in [0.2, 0.25) is 23.6 Å². The van der Waals surface area contributed by atoms with Crippen molar-refractivity contribution in [1.82, 2.24) is 20.9 Å². The molecule has 1 aliphatic rings. The predicted molar refractivity (Wildman–Crippen MR) is 133 cm³/mol. The van der Waals surface area contributed by atoms with Crippen LogP contribution in [-0.4, -0.2) is 92.9 Å². The van der Waals surface area contributed by atoms with Gasteiger partial charge in [-0.3, -0.25) is 24.0 Å². The van der Waals surface area contributed by atoms with Crippen molar-refractivity contribution >= 4 is 35.9 Å². The van der Waals surface area contributed by atoms with Gasteiger partial charge in [0, 0.05) is 26.3 Å². The molecule has 0 saturated carbocycles. The molecule has 1 aromatic carbocycles. The lowest BCUT2D eigenvalue weighted by Crippen LogP contribution is -2.59. The molecule has 13 heteroatoms. The first-order valence-corrected chi connectivity index (χ1v) is 12.1. The average molecular weight is 535 g/mol. The Labute approximate surface area is 219 Å². The third-order valence-electron chi connectivity index (χ3n) is 6.05. The summed E-state index contributed by atoms with van der Waals surface area (Å²) in [5.41, 5.74) is 0.648. The summed E-state index contributed by atoms with van der Waals surface area (Å²) in [4.78, 5) is 74.4. The molecule has 6 N–H and O–H groups in total. The Balaban J connectivity index is 2.21. The molecule has 1 aliphatic heterocycles. The van der Waals surface area contributed by atoms with Crippen molar-refractivity contribution in [3.8, 4) is 5.75 Å².